The van der Waals surface area contributed by atoms with Gasteiger partial charge >= 0.3 is 0 Å². The van der Waals surface area contributed by atoms with E-state index < -0.39 is 0 Å². The number of anilines is 2. The Bertz CT molecular complexity index is 1080. The van der Waals surface area contributed by atoms with Gasteiger partial charge in [0.1, 0.15) is 6.04 Å². The van der Waals surface area contributed by atoms with Crippen LogP contribution in [0.15, 0.2) is 43.0 Å². The van der Waals surface area contributed by atoms with Gasteiger partial charge < -0.3 is 15.6 Å². The Labute approximate surface area is 149 Å². The van der Waals surface area contributed by atoms with Crippen LogP contribution >= 0.6 is 0 Å². The number of H-pyrrole nitrogens is 1. The van der Waals surface area contributed by atoms with Gasteiger partial charge in [-0.05, 0) is 25.1 Å². The summed E-state index contributed by atoms with van der Waals surface area (Å²) in [4.78, 5) is 18.8. The summed E-state index contributed by atoms with van der Waals surface area (Å²) in [5.41, 5.74) is 11.5. The highest BCUT2D eigenvalue weighted by atomic mass is 15.3. The first-order chi connectivity index (χ1) is 12.7. The fourth-order valence-corrected chi connectivity index (χ4v) is 3.58. The SMILES string of the molecule is Cc1cccc2cc(C3c4nc[nH]c4CCN3c3ncc(N)cn3)nn12. The van der Waals surface area contributed by atoms with Gasteiger partial charge in [-0.3, -0.25) is 0 Å². The lowest BCUT2D eigenvalue weighted by molar-refractivity contribution is 0.602. The first kappa shape index (κ1) is 14.9. The molecule has 0 fully saturated rings. The molecule has 0 saturated heterocycles. The molecule has 1 unspecified atom stereocenters. The van der Waals surface area contributed by atoms with Crippen LogP contribution in [0.1, 0.15) is 28.8 Å². The van der Waals surface area contributed by atoms with E-state index in [4.69, 9.17) is 10.8 Å². The average Bonchev–Trinajstić information content (AvgIpc) is 3.29. The van der Waals surface area contributed by atoms with Crippen LogP contribution in [0.2, 0.25) is 0 Å². The van der Waals surface area contributed by atoms with Gasteiger partial charge in [0.2, 0.25) is 5.95 Å². The molecule has 1 atom stereocenters. The second kappa shape index (κ2) is 5.55. The second-order valence-electron chi connectivity index (χ2n) is 6.50. The van der Waals surface area contributed by atoms with Crippen LogP contribution in [0.4, 0.5) is 11.6 Å². The van der Waals surface area contributed by atoms with Crippen molar-refractivity contribution < 1.29 is 0 Å². The maximum Gasteiger partial charge on any atom is 0.226 e. The van der Waals surface area contributed by atoms with Crippen molar-refractivity contribution in [3.8, 4) is 0 Å². The van der Waals surface area contributed by atoms with Gasteiger partial charge in [-0.1, -0.05) is 6.07 Å². The third-order valence-corrected chi connectivity index (χ3v) is 4.81. The number of hydrogen-bond acceptors (Lipinski definition) is 6. The molecule has 5 rings (SSSR count). The zero-order valence-electron chi connectivity index (χ0n) is 14.3. The topological polar surface area (TPSA) is 101 Å². The molecule has 130 valence electrons. The molecule has 0 saturated carbocycles. The van der Waals surface area contributed by atoms with Crippen LogP contribution in [0.3, 0.4) is 0 Å². The molecular weight excluding hydrogens is 328 g/mol. The molecule has 4 aromatic rings. The Balaban J connectivity index is 1.68. The van der Waals surface area contributed by atoms with E-state index in [1.165, 1.54) is 0 Å². The number of aryl methyl sites for hydroxylation is 1. The number of hydrogen-bond donors (Lipinski definition) is 2. The number of rotatable bonds is 2. The minimum absolute atomic E-state index is 0.145. The summed E-state index contributed by atoms with van der Waals surface area (Å²) in [5.74, 6) is 0.631. The van der Waals surface area contributed by atoms with E-state index >= 15 is 0 Å². The number of imidazole rings is 1. The van der Waals surface area contributed by atoms with Gasteiger partial charge in [-0.25, -0.2) is 19.5 Å². The number of fused-ring (bicyclic) bond motifs is 2. The van der Waals surface area contributed by atoms with E-state index in [1.807, 2.05) is 23.6 Å². The number of nitrogens with zero attached hydrogens (tertiary/aromatic N) is 6. The number of nitrogens with two attached hydrogens (primary N) is 1. The maximum atomic E-state index is 5.75. The quantitative estimate of drug-likeness (QED) is 0.575. The molecule has 0 aliphatic carbocycles. The molecule has 5 heterocycles. The van der Waals surface area contributed by atoms with Crippen molar-refractivity contribution in [2.24, 2.45) is 0 Å². The number of aromatic amines is 1. The van der Waals surface area contributed by atoms with Crippen molar-refractivity contribution in [1.29, 1.82) is 0 Å². The summed E-state index contributed by atoms with van der Waals surface area (Å²) in [6.07, 6.45) is 5.86. The number of nitrogens with one attached hydrogen (secondary N) is 1. The lowest BCUT2D eigenvalue weighted by Gasteiger charge is -2.33. The lowest BCUT2D eigenvalue weighted by Crippen LogP contribution is -2.37. The third-order valence-electron chi connectivity index (χ3n) is 4.81. The van der Waals surface area contributed by atoms with Crippen molar-refractivity contribution in [3.05, 3.63) is 65.8 Å². The number of aromatic nitrogens is 6. The van der Waals surface area contributed by atoms with Crippen molar-refractivity contribution in [1.82, 2.24) is 29.5 Å². The molecule has 0 amide bonds. The van der Waals surface area contributed by atoms with Gasteiger partial charge in [0.25, 0.3) is 0 Å². The van der Waals surface area contributed by atoms with Gasteiger partial charge in [0.05, 0.1) is 41.3 Å². The maximum absolute atomic E-state index is 5.75. The molecule has 0 spiro atoms. The standard InChI is InChI=1S/C18H18N8/c1-11-3-2-4-13-7-15(24-26(11)13)17-16-14(22-10-23-16)5-6-25(17)18-20-8-12(19)9-21-18/h2-4,7-10,17H,5-6,19H2,1H3,(H,22,23). The van der Waals surface area contributed by atoms with Crippen LogP contribution in [0, 0.1) is 6.92 Å². The molecule has 8 nitrogen and oxygen atoms in total. The molecular formula is C18H18N8. The fraction of sp³-hybridized carbons (Fsp3) is 0.222. The molecule has 8 heteroatoms. The van der Waals surface area contributed by atoms with E-state index in [9.17, 15) is 0 Å². The van der Waals surface area contributed by atoms with E-state index in [1.54, 1.807) is 18.7 Å². The van der Waals surface area contributed by atoms with Gasteiger partial charge in [0, 0.05) is 24.4 Å². The second-order valence-corrected chi connectivity index (χ2v) is 6.50. The number of nitrogen functional groups attached to an aromatic ring is 1. The molecule has 0 aromatic carbocycles. The van der Waals surface area contributed by atoms with Crippen LogP contribution in [-0.2, 0) is 6.42 Å². The normalized spacial score (nSPS) is 16.8. The van der Waals surface area contributed by atoms with Gasteiger partial charge in [-0.15, -0.1) is 0 Å². The smallest absolute Gasteiger partial charge is 0.226 e. The summed E-state index contributed by atoms with van der Waals surface area (Å²) in [5, 5.41) is 4.85. The molecule has 1 aliphatic rings. The third kappa shape index (κ3) is 2.22. The summed E-state index contributed by atoms with van der Waals surface area (Å²) in [6, 6.07) is 8.10. The van der Waals surface area contributed by atoms with Crippen molar-refractivity contribution >= 4 is 17.2 Å². The van der Waals surface area contributed by atoms with Crippen LogP contribution in [0.25, 0.3) is 5.52 Å². The zero-order valence-corrected chi connectivity index (χ0v) is 14.3. The summed E-state index contributed by atoms with van der Waals surface area (Å²) in [7, 11) is 0. The van der Waals surface area contributed by atoms with E-state index in [0.29, 0.717) is 11.6 Å². The van der Waals surface area contributed by atoms with Gasteiger partial charge in [-0.2, -0.15) is 5.10 Å². The minimum atomic E-state index is -0.145. The van der Waals surface area contributed by atoms with Crippen molar-refractivity contribution in [2.75, 3.05) is 17.2 Å². The Kier molecular flexibility index (Phi) is 3.18. The summed E-state index contributed by atoms with van der Waals surface area (Å²) in [6.45, 7) is 2.82. The molecule has 26 heavy (non-hydrogen) atoms. The highest BCUT2D eigenvalue weighted by molar-refractivity contribution is 5.53. The fourth-order valence-electron chi connectivity index (χ4n) is 3.58. The first-order valence-corrected chi connectivity index (χ1v) is 8.52. The summed E-state index contributed by atoms with van der Waals surface area (Å²) >= 11 is 0. The molecule has 1 aliphatic heterocycles. The Hall–Kier alpha value is -3.42. The van der Waals surface area contributed by atoms with Crippen molar-refractivity contribution in [3.63, 3.8) is 0 Å². The van der Waals surface area contributed by atoms with Gasteiger partial charge in [0.15, 0.2) is 0 Å². The molecule has 0 radical (unpaired) electrons. The van der Waals surface area contributed by atoms with E-state index in [0.717, 1.165) is 41.3 Å². The van der Waals surface area contributed by atoms with E-state index in [2.05, 4.69) is 37.0 Å². The molecule has 4 aromatic heterocycles. The van der Waals surface area contributed by atoms with Crippen LogP contribution in [0.5, 0.6) is 0 Å². The molecule has 0 bridgehead atoms. The summed E-state index contributed by atoms with van der Waals surface area (Å²) < 4.78 is 1.96. The highest BCUT2D eigenvalue weighted by Gasteiger charge is 2.34. The van der Waals surface area contributed by atoms with Crippen LogP contribution in [-0.4, -0.2) is 36.1 Å². The van der Waals surface area contributed by atoms with E-state index in [-0.39, 0.29) is 6.04 Å². The molecule has 3 N–H and O–H groups in total. The monoisotopic (exact) mass is 346 g/mol. The van der Waals surface area contributed by atoms with Crippen molar-refractivity contribution in [2.45, 2.75) is 19.4 Å². The predicted molar refractivity (Wildman–Crippen MR) is 97.9 cm³/mol. The zero-order chi connectivity index (χ0) is 17.7. The lowest BCUT2D eigenvalue weighted by atomic mass is 10.0. The average molecular weight is 346 g/mol. The largest absolute Gasteiger partial charge is 0.396 e. The Morgan fingerprint density at radius 2 is 2.04 bits per heavy atom. The Morgan fingerprint density at radius 3 is 2.85 bits per heavy atom. The minimum Gasteiger partial charge on any atom is -0.396 e. The van der Waals surface area contributed by atoms with Crippen LogP contribution < -0.4 is 10.6 Å². The first-order valence-electron chi connectivity index (χ1n) is 8.52. The number of pyridine rings is 1. The predicted octanol–water partition coefficient (Wildman–Crippen LogP) is 1.89. The Morgan fingerprint density at radius 1 is 1.19 bits per heavy atom. The highest BCUT2D eigenvalue weighted by Crippen LogP contribution is 2.35.